The molecule has 0 heterocycles. The van der Waals surface area contributed by atoms with Gasteiger partial charge in [-0.2, -0.15) is 5.26 Å². The predicted octanol–water partition coefficient (Wildman–Crippen LogP) is 4.89. The molecule has 1 nitrogen and oxygen atoms in total. The summed E-state index contributed by atoms with van der Waals surface area (Å²) < 4.78 is 40.2. The fourth-order valence-electron chi connectivity index (χ4n) is 1.37. The molecule has 0 spiro atoms. The van der Waals surface area contributed by atoms with Crippen molar-refractivity contribution in [2.75, 3.05) is 0 Å². The molecule has 0 N–H and O–H groups in total. The highest BCUT2D eigenvalue weighted by Crippen LogP contribution is 2.35. The lowest BCUT2D eigenvalue weighted by atomic mass is 10.2. The van der Waals surface area contributed by atoms with Gasteiger partial charge in [0.05, 0.1) is 10.0 Å². The quantitative estimate of drug-likeness (QED) is 0.775. The first-order chi connectivity index (χ1) is 9.02. The molecule has 0 fully saturated rings. The first-order valence-corrected chi connectivity index (χ1v) is 6.65. The van der Waals surface area contributed by atoms with Gasteiger partial charge in [0.1, 0.15) is 17.7 Å². The summed E-state index contributed by atoms with van der Waals surface area (Å²) in [4.78, 5) is 0.258. The van der Waals surface area contributed by atoms with Crippen molar-refractivity contribution in [1.82, 2.24) is 0 Å². The van der Waals surface area contributed by atoms with E-state index >= 15 is 0 Å². The maximum atomic E-state index is 13.9. The molecular formula is C13H5BrF3NS. The highest BCUT2D eigenvalue weighted by molar-refractivity contribution is 9.10. The minimum absolute atomic E-state index is 0.0301. The highest BCUT2D eigenvalue weighted by atomic mass is 79.9. The molecule has 0 aliphatic carbocycles. The molecule has 0 radical (unpaired) electrons. The fraction of sp³-hybridized carbons (Fsp3) is 0. The molecule has 19 heavy (non-hydrogen) atoms. The summed E-state index contributed by atoms with van der Waals surface area (Å²) in [6.45, 7) is 0. The summed E-state index contributed by atoms with van der Waals surface area (Å²) in [5.74, 6) is -2.10. The van der Waals surface area contributed by atoms with Crippen LogP contribution in [0.1, 0.15) is 5.56 Å². The Hall–Kier alpha value is -1.45. The topological polar surface area (TPSA) is 23.8 Å². The Bertz CT molecular complexity index is 682. The number of rotatable bonds is 2. The van der Waals surface area contributed by atoms with Crippen LogP contribution in [0.4, 0.5) is 13.2 Å². The fourth-order valence-corrected chi connectivity index (χ4v) is 2.80. The molecule has 0 amide bonds. The molecule has 2 aromatic rings. The van der Waals surface area contributed by atoms with Crippen LogP contribution in [0.2, 0.25) is 0 Å². The number of hydrogen-bond acceptors (Lipinski definition) is 2. The molecule has 0 unspecified atom stereocenters. The number of benzene rings is 2. The van der Waals surface area contributed by atoms with E-state index < -0.39 is 17.5 Å². The lowest BCUT2D eigenvalue weighted by molar-refractivity contribution is 0.565. The molecule has 6 heteroatoms. The van der Waals surface area contributed by atoms with Crippen LogP contribution in [0.3, 0.4) is 0 Å². The van der Waals surface area contributed by atoms with Gasteiger partial charge in [-0.05, 0) is 40.2 Å². The third-order valence-corrected chi connectivity index (χ3v) is 4.14. The smallest absolute Gasteiger partial charge is 0.152 e. The van der Waals surface area contributed by atoms with Gasteiger partial charge < -0.3 is 0 Å². The Morgan fingerprint density at radius 2 is 1.74 bits per heavy atom. The third-order valence-electron chi connectivity index (χ3n) is 2.28. The second kappa shape index (κ2) is 5.68. The van der Waals surface area contributed by atoms with E-state index in [1.165, 1.54) is 18.2 Å². The zero-order valence-corrected chi connectivity index (χ0v) is 11.7. The molecular weight excluding hydrogens is 339 g/mol. The third kappa shape index (κ3) is 2.94. The maximum Gasteiger partial charge on any atom is 0.152 e. The SMILES string of the molecule is N#Cc1ccc(Sc2ccc(F)cc2F)c(F)c1Br. The van der Waals surface area contributed by atoms with Gasteiger partial charge in [-0.15, -0.1) is 0 Å². The number of nitrogens with zero attached hydrogens (tertiary/aromatic N) is 1. The summed E-state index contributed by atoms with van der Waals surface area (Å²) in [6.07, 6.45) is 0. The van der Waals surface area contributed by atoms with Crippen LogP contribution in [-0.2, 0) is 0 Å². The zero-order chi connectivity index (χ0) is 14.0. The van der Waals surface area contributed by atoms with Crippen molar-refractivity contribution in [2.24, 2.45) is 0 Å². The minimum atomic E-state index is -0.759. The van der Waals surface area contributed by atoms with Crippen LogP contribution in [0.25, 0.3) is 0 Å². The van der Waals surface area contributed by atoms with Crippen molar-refractivity contribution in [1.29, 1.82) is 5.26 Å². The van der Waals surface area contributed by atoms with Gasteiger partial charge in [0.2, 0.25) is 0 Å². The number of halogens is 4. The normalized spacial score (nSPS) is 10.3. The lowest BCUT2D eigenvalue weighted by Gasteiger charge is -2.06. The van der Waals surface area contributed by atoms with Crippen LogP contribution >= 0.6 is 27.7 Å². The van der Waals surface area contributed by atoms with Gasteiger partial charge in [-0.25, -0.2) is 13.2 Å². The van der Waals surface area contributed by atoms with Crippen molar-refractivity contribution in [2.45, 2.75) is 9.79 Å². The molecule has 0 atom stereocenters. The Labute approximate surface area is 120 Å². The molecule has 0 saturated carbocycles. The second-order valence-corrected chi connectivity index (χ2v) is 5.40. The van der Waals surface area contributed by atoms with E-state index in [1.54, 1.807) is 0 Å². The van der Waals surface area contributed by atoms with Gasteiger partial charge >= 0.3 is 0 Å². The summed E-state index contributed by atoms with van der Waals surface area (Å²) >= 11 is 3.80. The first-order valence-electron chi connectivity index (χ1n) is 5.04. The molecule has 2 rings (SSSR count). The van der Waals surface area contributed by atoms with Crippen LogP contribution in [-0.4, -0.2) is 0 Å². The Morgan fingerprint density at radius 1 is 1.05 bits per heavy atom. The van der Waals surface area contributed by atoms with Crippen molar-refractivity contribution < 1.29 is 13.2 Å². The summed E-state index contributed by atoms with van der Waals surface area (Å²) in [5.41, 5.74) is 0.154. The minimum Gasteiger partial charge on any atom is -0.207 e. The van der Waals surface area contributed by atoms with Crippen molar-refractivity contribution in [3.05, 3.63) is 57.8 Å². The Balaban J connectivity index is 2.39. The molecule has 0 aliphatic rings. The van der Waals surface area contributed by atoms with Crippen LogP contribution in [0.15, 0.2) is 44.6 Å². The first kappa shape index (κ1) is 14.0. The van der Waals surface area contributed by atoms with Crippen molar-refractivity contribution in [3.63, 3.8) is 0 Å². The zero-order valence-electron chi connectivity index (χ0n) is 9.25. The van der Waals surface area contributed by atoms with Gasteiger partial charge in [0, 0.05) is 15.9 Å². The average Bonchev–Trinajstić information content (AvgIpc) is 2.38. The summed E-state index contributed by atoms with van der Waals surface area (Å²) in [6, 6.07) is 7.71. The standard InChI is InChI=1S/C13H5BrF3NS/c14-12-7(6-18)1-3-11(13(12)17)19-10-4-2-8(15)5-9(10)16/h1-5H. The van der Waals surface area contributed by atoms with E-state index in [4.69, 9.17) is 5.26 Å². The number of nitriles is 1. The molecule has 0 aliphatic heterocycles. The number of hydrogen-bond donors (Lipinski definition) is 0. The van der Waals surface area contributed by atoms with Gasteiger partial charge in [-0.1, -0.05) is 11.8 Å². The molecule has 2 aromatic carbocycles. The summed E-state index contributed by atoms with van der Waals surface area (Å²) in [5, 5.41) is 8.74. The predicted molar refractivity (Wildman–Crippen MR) is 69.3 cm³/mol. The Kier molecular flexibility index (Phi) is 4.17. The second-order valence-electron chi connectivity index (χ2n) is 3.53. The van der Waals surface area contributed by atoms with E-state index in [0.29, 0.717) is 0 Å². The average molecular weight is 344 g/mol. The van der Waals surface area contributed by atoms with Crippen LogP contribution in [0.5, 0.6) is 0 Å². The highest BCUT2D eigenvalue weighted by Gasteiger charge is 2.14. The van der Waals surface area contributed by atoms with E-state index in [9.17, 15) is 13.2 Å². The lowest BCUT2D eigenvalue weighted by Crippen LogP contribution is -1.89. The monoisotopic (exact) mass is 343 g/mol. The van der Waals surface area contributed by atoms with Crippen molar-refractivity contribution >= 4 is 27.7 Å². The molecule has 0 aromatic heterocycles. The summed E-state index contributed by atoms with van der Waals surface area (Å²) in [7, 11) is 0. The van der Waals surface area contributed by atoms with E-state index in [0.717, 1.165) is 23.9 Å². The van der Waals surface area contributed by atoms with Gasteiger partial charge in [-0.3, -0.25) is 0 Å². The molecule has 0 bridgehead atoms. The van der Waals surface area contributed by atoms with Crippen molar-refractivity contribution in [3.8, 4) is 6.07 Å². The Morgan fingerprint density at radius 3 is 2.37 bits per heavy atom. The molecule has 0 saturated heterocycles. The van der Waals surface area contributed by atoms with E-state index in [-0.39, 0.29) is 19.8 Å². The van der Waals surface area contributed by atoms with Crippen LogP contribution < -0.4 is 0 Å². The maximum absolute atomic E-state index is 13.9. The largest absolute Gasteiger partial charge is 0.207 e. The van der Waals surface area contributed by atoms with Crippen LogP contribution in [0, 0.1) is 28.8 Å². The molecule has 96 valence electrons. The van der Waals surface area contributed by atoms with Gasteiger partial charge in [0.25, 0.3) is 0 Å². The van der Waals surface area contributed by atoms with Gasteiger partial charge in [0.15, 0.2) is 5.82 Å². The van der Waals surface area contributed by atoms with E-state index in [2.05, 4.69) is 15.9 Å². The van der Waals surface area contributed by atoms with E-state index in [1.807, 2.05) is 6.07 Å².